The van der Waals surface area contributed by atoms with E-state index in [1.54, 1.807) is 0 Å². The van der Waals surface area contributed by atoms with Crippen LogP contribution in [0.25, 0.3) is 0 Å². The van der Waals surface area contributed by atoms with Gasteiger partial charge in [-0.25, -0.2) is 0 Å². The summed E-state index contributed by atoms with van der Waals surface area (Å²) in [5.74, 6) is 1.04. The fraction of sp³-hybridized carbons (Fsp3) is 0.533. The number of halogens is 1. The highest BCUT2D eigenvalue weighted by Gasteiger charge is 2.21. The molecular formula is C15H20BrNO. The number of hydrogen-bond donors (Lipinski definition) is 0. The highest BCUT2D eigenvalue weighted by molar-refractivity contribution is 9.10. The topological polar surface area (TPSA) is 20.3 Å². The summed E-state index contributed by atoms with van der Waals surface area (Å²) >= 11 is 3.43. The molecule has 0 bridgehead atoms. The van der Waals surface area contributed by atoms with Crippen molar-refractivity contribution >= 4 is 21.8 Å². The Bertz CT molecular complexity index is 401. The molecule has 0 radical (unpaired) electrons. The van der Waals surface area contributed by atoms with Crippen LogP contribution in [0.5, 0.6) is 0 Å². The standard InChI is InChI=1S/C15H20BrNO/c1-2-12-5-8-15(18)17(10-9-12)11-13-3-6-14(16)7-4-13/h3-4,6-7,12H,2,5,8-11H2,1H3. The molecule has 2 rings (SSSR count). The van der Waals surface area contributed by atoms with Gasteiger partial charge in [0.2, 0.25) is 5.91 Å². The summed E-state index contributed by atoms with van der Waals surface area (Å²) in [6.45, 7) is 3.88. The molecule has 1 aliphatic rings. The Balaban J connectivity index is 1.99. The van der Waals surface area contributed by atoms with E-state index in [9.17, 15) is 4.79 Å². The number of nitrogens with zero attached hydrogens (tertiary/aromatic N) is 1. The second-order valence-corrected chi connectivity index (χ2v) is 5.96. The van der Waals surface area contributed by atoms with Gasteiger partial charge in [-0.05, 0) is 36.5 Å². The maximum atomic E-state index is 12.1. The quantitative estimate of drug-likeness (QED) is 0.827. The molecule has 1 fully saturated rings. The van der Waals surface area contributed by atoms with Crippen LogP contribution in [0.2, 0.25) is 0 Å². The van der Waals surface area contributed by atoms with Crippen LogP contribution < -0.4 is 0 Å². The minimum absolute atomic E-state index is 0.314. The molecule has 18 heavy (non-hydrogen) atoms. The Labute approximate surface area is 117 Å². The summed E-state index contributed by atoms with van der Waals surface area (Å²) in [5.41, 5.74) is 1.21. The lowest BCUT2D eigenvalue weighted by Crippen LogP contribution is -2.29. The van der Waals surface area contributed by atoms with Gasteiger partial charge in [-0.1, -0.05) is 41.4 Å². The third-order valence-corrected chi connectivity index (χ3v) is 4.32. The van der Waals surface area contributed by atoms with Crippen LogP contribution in [0.15, 0.2) is 28.7 Å². The van der Waals surface area contributed by atoms with E-state index in [-0.39, 0.29) is 0 Å². The van der Waals surface area contributed by atoms with Crippen LogP contribution in [0.3, 0.4) is 0 Å². The first-order valence-electron chi connectivity index (χ1n) is 6.71. The SMILES string of the molecule is CCC1CCC(=O)N(Cc2ccc(Br)cc2)CC1. The molecule has 3 heteroatoms. The van der Waals surface area contributed by atoms with Gasteiger partial charge in [-0.15, -0.1) is 0 Å². The van der Waals surface area contributed by atoms with E-state index in [2.05, 4.69) is 35.0 Å². The molecule has 2 nitrogen and oxygen atoms in total. The van der Waals surface area contributed by atoms with E-state index < -0.39 is 0 Å². The van der Waals surface area contributed by atoms with Crippen molar-refractivity contribution in [3.63, 3.8) is 0 Å². The minimum Gasteiger partial charge on any atom is -0.338 e. The predicted molar refractivity (Wildman–Crippen MR) is 77.2 cm³/mol. The lowest BCUT2D eigenvalue weighted by atomic mass is 9.98. The van der Waals surface area contributed by atoms with Gasteiger partial charge >= 0.3 is 0 Å². The van der Waals surface area contributed by atoms with Crippen molar-refractivity contribution in [2.24, 2.45) is 5.92 Å². The first-order chi connectivity index (χ1) is 8.69. The van der Waals surface area contributed by atoms with Crippen LogP contribution in [0, 0.1) is 5.92 Å². The van der Waals surface area contributed by atoms with Crippen molar-refractivity contribution in [1.29, 1.82) is 0 Å². The molecule has 1 amide bonds. The van der Waals surface area contributed by atoms with E-state index in [1.807, 2.05) is 17.0 Å². The fourth-order valence-electron chi connectivity index (χ4n) is 2.48. The van der Waals surface area contributed by atoms with Crippen LogP contribution in [-0.2, 0) is 11.3 Å². The average molecular weight is 310 g/mol. The largest absolute Gasteiger partial charge is 0.338 e. The Hall–Kier alpha value is -0.830. The van der Waals surface area contributed by atoms with Gasteiger partial charge in [0, 0.05) is 24.0 Å². The first kappa shape index (κ1) is 13.6. The summed E-state index contributed by atoms with van der Waals surface area (Å²) in [5, 5.41) is 0. The van der Waals surface area contributed by atoms with Crippen LogP contribution in [0.4, 0.5) is 0 Å². The van der Waals surface area contributed by atoms with E-state index in [0.29, 0.717) is 5.91 Å². The molecule has 1 saturated heterocycles. The predicted octanol–water partition coefficient (Wildman–Crippen LogP) is 3.99. The molecule has 1 unspecified atom stereocenters. The van der Waals surface area contributed by atoms with Crippen molar-refractivity contribution in [1.82, 2.24) is 4.90 Å². The molecule has 0 saturated carbocycles. The number of carbonyl (C=O) groups excluding carboxylic acids is 1. The van der Waals surface area contributed by atoms with E-state index in [0.717, 1.165) is 42.7 Å². The highest BCUT2D eigenvalue weighted by atomic mass is 79.9. The zero-order chi connectivity index (χ0) is 13.0. The van der Waals surface area contributed by atoms with E-state index in [1.165, 1.54) is 12.0 Å². The summed E-state index contributed by atoms with van der Waals surface area (Å²) in [6.07, 6.45) is 4.12. The molecule has 0 aromatic heterocycles. The van der Waals surface area contributed by atoms with Crippen molar-refractivity contribution in [3.05, 3.63) is 34.3 Å². The summed E-state index contributed by atoms with van der Waals surface area (Å²) < 4.78 is 1.08. The van der Waals surface area contributed by atoms with Gasteiger partial charge in [0.25, 0.3) is 0 Å². The lowest BCUT2D eigenvalue weighted by Gasteiger charge is -2.21. The van der Waals surface area contributed by atoms with Gasteiger partial charge < -0.3 is 4.90 Å². The zero-order valence-corrected chi connectivity index (χ0v) is 12.4. The van der Waals surface area contributed by atoms with Gasteiger partial charge in [0.1, 0.15) is 0 Å². The number of benzene rings is 1. The molecule has 1 atom stereocenters. The van der Waals surface area contributed by atoms with Crippen LogP contribution in [-0.4, -0.2) is 17.4 Å². The molecule has 0 N–H and O–H groups in total. The molecule has 98 valence electrons. The van der Waals surface area contributed by atoms with Gasteiger partial charge in [0.05, 0.1) is 0 Å². The molecular weight excluding hydrogens is 290 g/mol. The van der Waals surface area contributed by atoms with Crippen molar-refractivity contribution in [3.8, 4) is 0 Å². The highest BCUT2D eigenvalue weighted by Crippen LogP contribution is 2.22. The molecule has 1 aromatic rings. The smallest absolute Gasteiger partial charge is 0.222 e. The Morgan fingerprint density at radius 1 is 1.28 bits per heavy atom. The normalized spacial score (nSPS) is 20.9. The average Bonchev–Trinajstić information content (AvgIpc) is 2.55. The second-order valence-electron chi connectivity index (χ2n) is 5.04. The first-order valence-corrected chi connectivity index (χ1v) is 7.50. The number of amides is 1. The van der Waals surface area contributed by atoms with Gasteiger partial charge in [-0.2, -0.15) is 0 Å². The van der Waals surface area contributed by atoms with E-state index in [4.69, 9.17) is 0 Å². The van der Waals surface area contributed by atoms with Crippen LogP contribution in [0.1, 0.15) is 38.2 Å². The molecule has 0 aliphatic carbocycles. The summed E-state index contributed by atoms with van der Waals surface area (Å²) in [4.78, 5) is 14.1. The third kappa shape index (κ3) is 3.58. The molecule has 0 spiro atoms. The molecule has 1 aromatic carbocycles. The summed E-state index contributed by atoms with van der Waals surface area (Å²) in [7, 11) is 0. The lowest BCUT2D eigenvalue weighted by molar-refractivity contribution is -0.131. The summed E-state index contributed by atoms with van der Waals surface area (Å²) in [6, 6.07) is 8.23. The number of hydrogen-bond acceptors (Lipinski definition) is 1. The third-order valence-electron chi connectivity index (χ3n) is 3.79. The number of rotatable bonds is 3. The van der Waals surface area contributed by atoms with Gasteiger partial charge in [-0.3, -0.25) is 4.79 Å². The zero-order valence-electron chi connectivity index (χ0n) is 10.9. The number of likely N-dealkylation sites (tertiary alicyclic amines) is 1. The fourth-order valence-corrected chi connectivity index (χ4v) is 2.74. The minimum atomic E-state index is 0.314. The Morgan fingerprint density at radius 3 is 2.67 bits per heavy atom. The number of carbonyl (C=O) groups is 1. The molecule has 1 aliphatic heterocycles. The van der Waals surface area contributed by atoms with Crippen molar-refractivity contribution < 1.29 is 4.79 Å². The van der Waals surface area contributed by atoms with Gasteiger partial charge in [0.15, 0.2) is 0 Å². The van der Waals surface area contributed by atoms with Crippen molar-refractivity contribution in [2.45, 2.75) is 39.2 Å². The van der Waals surface area contributed by atoms with E-state index >= 15 is 0 Å². The Kier molecular flexibility index (Phi) is 4.81. The second kappa shape index (κ2) is 6.37. The maximum absolute atomic E-state index is 12.1. The maximum Gasteiger partial charge on any atom is 0.222 e. The van der Waals surface area contributed by atoms with Crippen LogP contribution >= 0.6 is 15.9 Å². The van der Waals surface area contributed by atoms with Crippen molar-refractivity contribution in [2.75, 3.05) is 6.54 Å². The monoisotopic (exact) mass is 309 g/mol. The molecule has 1 heterocycles. The Morgan fingerprint density at radius 2 is 2.00 bits per heavy atom.